The van der Waals surface area contributed by atoms with Gasteiger partial charge in [-0.3, -0.25) is 4.79 Å². The summed E-state index contributed by atoms with van der Waals surface area (Å²) >= 11 is 13.2. The lowest BCUT2D eigenvalue weighted by Crippen LogP contribution is -2.13. The van der Waals surface area contributed by atoms with E-state index >= 15 is 0 Å². The van der Waals surface area contributed by atoms with Crippen molar-refractivity contribution in [2.24, 2.45) is 11.8 Å². The van der Waals surface area contributed by atoms with Crippen molar-refractivity contribution in [3.63, 3.8) is 0 Å². The number of nitrogens with zero attached hydrogens (tertiary/aromatic N) is 1. The Balaban J connectivity index is 1.76. The molecule has 0 radical (unpaired) electrons. The second-order valence-corrected chi connectivity index (χ2v) is 6.63. The maximum absolute atomic E-state index is 11.9. The molecule has 1 aliphatic rings. The predicted molar refractivity (Wildman–Crippen MR) is 83.5 cm³/mol. The molecule has 1 amide bonds. The highest BCUT2D eigenvalue weighted by Crippen LogP contribution is 2.39. The monoisotopic (exact) mass is 326 g/mol. The van der Waals surface area contributed by atoms with Gasteiger partial charge < -0.3 is 5.32 Å². The number of benzene rings is 1. The summed E-state index contributed by atoms with van der Waals surface area (Å²) in [6.07, 6.45) is 0.976. The van der Waals surface area contributed by atoms with Crippen molar-refractivity contribution in [2.45, 2.75) is 13.3 Å². The Kier molecular flexibility index (Phi) is 3.71. The molecule has 1 N–H and O–H groups in total. The van der Waals surface area contributed by atoms with Gasteiger partial charge in [0.25, 0.3) is 0 Å². The molecular formula is C14H12Cl2N2OS. The number of carbonyl (C=O) groups is 1. The van der Waals surface area contributed by atoms with Crippen LogP contribution in [0.5, 0.6) is 0 Å². The Labute approximate surface area is 131 Å². The van der Waals surface area contributed by atoms with Crippen LogP contribution in [0.25, 0.3) is 11.3 Å². The molecule has 1 fully saturated rings. The number of hydrogen-bond acceptors (Lipinski definition) is 3. The van der Waals surface area contributed by atoms with Crippen molar-refractivity contribution in [2.75, 3.05) is 5.32 Å². The lowest BCUT2D eigenvalue weighted by atomic mass is 10.1. The van der Waals surface area contributed by atoms with Gasteiger partial charge >= 0.3 is 0 Å². The second kappa shape index (κ2) is 5.35. The highest BCUT2D eigenvalue weighted by Gasteiger charge is 2.39. The van der Waals surface area contributed by atoms with Crippen LogP contribution in [-0.4, -0.2) is 10.3 Å². The van der Waals surface area contributed by atoms with E-state index in [2.05, 4.69) is 16.6 Å². The molecule has 20 heavy (non-hydrogen) atoms. The maximum Gasteiger partial charge on any atom is 0.228 e. The fraction of sp³-hybridized carbons (Fsp3) is 0.286. The number of amides is 1. The Morgan fingerprint density at radius 1 is 1.35 bits per heavy atom. The summed E-state index contributed by atoms with van der Waals surface area (Å²) in [5, 5.41) is 4.68. The first kappa shape index (κ1) is 13.9. The first-order valence-corrected chi connectivity index (χ1v) is 7.80. The molecule has 104 valence electrons. The number of aromatic nitrogens is 1. The summed E-state index contributed by atoms with van der Waals surface area (Å²) in [4.78, 5) is 11.9. The van der Waals surface area contributed by atoms with E-state index < -0.39 is 0 Å². The minimum Gasteiger partial charge on any atom is -0.316 e. The SMILES string of the molecule is C[C@@H]1C[C@H]1C(=O)Nc1cc(-c2ccc(Cl)c(Cl)c2)ns1. The van der Waals surface area contributed by atoms with E-state index in [1.165, 1.54) is 11.5 Å². The molecule has 2 aromatic rings. The molecule has 1 aromatic carbocycles. The van der Waals surface area contributed by atoms with Crippen molar-refractivity contribution >= 4 is 45.6 Å². The number of hydrogen-bond donors (Lipinski definition) is 1. The number of nitrogens with one attached hydrogen (secondary N) is 1. The minimum absolute atomic E-state index is 0.0850. The topological polar surface area (TPSA) is 42.0 Å². The zero-order chi connectivity index (χ0) is 14.3. The molecule has 1 saturated carbocycles. The standard InChI is InChI=1S/C14H12Cl2N2OS/c1-7-4-9(7)14(19)17-13-6-12(18-20-13)8-2-3-10(15)11(16)5-8/h2-3,5-7,9H,4H2,1H3,(H,17,19)/t7-,9-/m1/s1. The minimum atomic E-state index is 0.0850. The third-order valence-corrected chi connectivity index (χ3v) is 4.86. The molecule has 3 nitrogen and oxygen atoms in total. The van der Waals surface area contributed by atoms with Crippen molar-refractivity contribution < 1.29 is 4.79 Å². The average molecular weight is 327 g/mol. The van der Waals surface area contributed by atoms with Crippen LogP contribution in [0.3, 0.4) is 0 Å². The van der Waals surface area contributed by atoms with Crippen LogP contribution in [0.1, 0.15) is 13.3 Å². The van der Waals surface area contributed by atoms with Crippen LogP contribution in [0.2, 0.25) is 10.0 Å². The van der Waals surface area contributed by atoms with Gasteiger partial charge in [-0.25, -0.2) is 0 Å². The third kappa shape index (κ3) is 2.82. The highest BCUT2D eigenvalue weighted by atomic mass is 35.5. The smallest absolute Gasteiger partial charge is 0.228 e. The van der Waals surface area contributed by atoms with Crippen LogP contribution in [0, 0.1) is 11.8 Å². The molecule has 1 heterocycles. The van der Waals surface area contributed by atoms with Gasteiger partial charge in [-0.2, -0.15) is 4.37 Å². The van der Waals surface area contributed by atoms with E-state index in [4.69, 9.17) is 23.2 Å². The number of halogens is 2. The molecule has 0 aliphatic heterocycles. The lowest BCUT2D eigenvalue weighted by molar-refractivity contribution is -0.117. The summed E-state index contributed by atoms with van der Waals surface area (Å²) in [6, 6.07) is 7.23. The largest absolute Gasteiger partial charge is 0.316 e. The van der Waals surface area contributed by atoms with Gasteiger partial charge in [-0.05, 0) is 36.0 Å². The quantitative estimate of drug-likeness (QED) is 0.887. The lowest BCUT2D eigenvalue weighted by Gasteiger charge is -2.00. The van der Waals surface area contributed by atoms with Gasteiger partial charge in [-0.15, -0.1) is 0 Å². The summed E-state index contributed by atoms with van der Waals surface area (Å²) in [5.74, 6) is 0.741. The zero-order valence-corrected chi connectivity index (χ0v) is 13.0. The molecular weight excluding hydrogens is 315 g/mol. The van der Waals surface area contributed by atoms with Crippen LogP contribution >= 0.6 is 34.7 Å². The Morgan fingerprint density at radius 2 is 2.10 bits per heavy atom. The fourth-order valence-electron chi connectivity index (χ4n) is 2.03. The Hall–Kier alpha value is -1.10. The van der Waals surface area contributed by atoms with Crippen molar-refractivity contribution in [3.8, 4) is 11.3 Å². The number of rotatable bonds is 3. The number of anilines is 1. The molecule has 1 aromatic heterocycles. The highest BCUT2D eigenvalue weighted by molar-refractivity contribution is 7.10. The van der Waals surface area contributed by atoms with Gasteiger partial charge in [0.15, 0.2) is 0 Å². The first-order chi connectivity index (χ1) is 9.54. The molecule has 1 aliphatic carbocycles. The first-order valence-electron chi connectivity index (χ1n) is 6.27. The zero-order valence-electron chi connectivity index (χ0n) is 10.7. The van der Waals surface area contributed by atoms with E-state index in [1.54, 1.807) is 12.1 Å². The normalized spacial score (nSPS) is 20.8. The summed E-state index contributed by atoms with van der Waals surface area (Å²) < 4.78 is 4.33. The molecule has 6 heteroatoms. The average Bonchev–Trinajstić information content (AvgIpc) is 2.97. The second-order valence-electron chi connectivity index (χ2n) is 5.01. The number of carbonyl (C=O) groups excluding carboxylic acids is 1. The van der Waals surface area contributed by atoms with Crippen LogP contribution in [0.4, 0.5) is 5.00 Å². The van der Waals surface area contributed by atoms with Crippen molar-refractivity contribution in [3.05, 3.63) is 34.3 Å². The van der Waals surface area contributed by atoms with E-state index in [1.807, 2.05) is 12.1 Å². The van der Waals surface area contributed by atoms with Gasteiger partial charge in [-0.1, -0.05) is 36.2 Å². The summed E-state index contributed by atoms with van der Waals surface area (Å²) in [6.45, 7) is 2.08. The molecule has 0 bridgehead atoms. The van der Waals surface area contributed by atoms with Crippen molar-refractivity contribution in [1.29, 1.82) is 0 Å². The van der Waals surface area contributed by atoms with Gasteiger partial charge in [0.05, 0.1) is 15.7 Å². The molecule has 0 spiro atoms. The maximum atomic E-state index is 11.9. The van der Waals surface area contributed by atoms with Gasteiger partial charge in [0.1, 0.15) is 5.00 Å². The van der Waals surface area contributed by atoms with Crippen LogP contribution < -0.4 is 5.32 Å². The Morgan fingerprint density at radius 3 is 2.75 bits per heavy atom. The molecule has 0 saturated heterocycles. The molecule has 2 atom stereocenters. The predicted octanol–water partition coefficient (Wildman–Crippen LogP) is 4.71. The van der Waals surface area contributed by atoms with Crippen LogP contribution in [0.15, 0.2) is 24.3 Å². The van der Waals surface area contributed by atoms with E-state index in [0.29, 0.717) is 16.0 Å². The van der Waals surface area contributed by atoms with Crippen LogP contribution in [-0.2, 0) is 4.79 Å². The molecule has 3 rings (SSSR count). The Bertz CT molecular complexity index is 671. The van der Waals surface area contributed by atoms with Gasteiger partial charge in [0, 0.05) is 17.5 Å². The van der Waals surface area contributed by atoms with E-state index in [0.717, 1.165) is 22.7 Å². The van der Waals surface area contributed by atoms with E-state index in [9.17, 15) is 4.79 Å². The van der Waals surface area contributed by atoms with E-state index in [-0.39, 0.29) is 11.8 Å². The van der Waals surface area contributed by atoms with Gasteiger partial charge in [0.2, 0.25) is 5.91 Å². The molecule has 0 unspecified atom stereocenters. The summed E-state index contributed by atoms with van der Waals surface area (Å²) in [7, 11) is 0. The summed E-state index contributed by atoms with van der Waals surface area (Å²) in [5.41, 5.74) is 1.67. The fourth-order valence-corrected chi connectivity index (χ4v) is 2.99. The van der Waals surface area contributed by atoms with Crippen molar-refractivity contribution in [1.82, 2.24) is 4.37 Å². The third-order valence-electron chi connectivity index (χ3n) is 3.42.